The molecule has 1 aliphatic rings. The predicted molar refractivity (Wildman–Crippen MR) is 87.3 cm³/mol. The van der Waals surface area contributed by atoms with Crippen molar-refractivity contribution in [2.45, 2.75) is 38.3 Å². The van der Waals surface area contributed by atoms with E-state index in [0.29, 0.717) is 13.0 Å². The minimum Gasteiger partial charge on any atom is -0.393 e. The van der Waals surface area contributed by atoms with Crippen molar-refractivity contribution in [1.82, 2.24) is 4.90 Å². The van der Waals surface area contributed by atoms with E-state index in [-0.39, 0.29) is 24.7 Å². The fraction of sp³-hybridized carbons (Fsp3) is 0.500. The van der Waals surface area contributed by atoms with Crippen molar-refractivity contribution in [2.75, 3.05) is 19.8 Å². The maximum Gasteiger partial charge on any atom is 0.248 e. The van der Waals surface area contributed by atoms with Crippen LogP contribution in [0.5, 0.6) is 0 Å². The number of amides is 1. The van der Waals surface area contributed by atoms with E-state index in [0.717, 1.165) is 24.9 Å². The molecular weight excluding hydrogens is 278 g/mol. The van der Waals surface area contributed by atoms with Crippen LogP contribution >= 0.6 is 0 Å². The first kappa shape index (κ1) is 16.7. The zero-order chi connectivity index (χ0) is 15.8. The minimum atomic E-state index is -0.367. The molecule has 1 fully saturated rings. The summed E-state index contributed by atoms with van der Waals surface area (Å²) in [6.45, 7) is 3.08. The maximum absolute atomic E-state index is 12.2. The van der Waals surface area contributed by atoms with E-state index < -0.39 is 0 Å². The molecule has 2 atom stereocenters. The van der Waals surface area contributed by atoms with Gasteiger partial charge in [0.15, 0.2) is 0 Å². The van der Waals surface area contributed by atoms with Crippen molar-refractivity contribution >= 4 is 12.0 Å². The lowest BCUT2D eigenvalue weighted by Crippen LogP contribution is -2.39. The Morgan fingerprint density at radius 2 is 2.23 bits per heavy atom. The summed E-state index contributed by atoms with van der Waals surface area (Å²) in [6.07, 6.45) is 6.17. The Balaban J connectivity index is 1.70. The smallest absolute Gasteiger partial charge is 0.248 e. The molecule has 120 valence electrons. The Morgan fingerprint density at radius 3 is 2.95 bits per heavy atom. The van der Waals surface area contributed by atoms with Gasteiger partial charge in [-0.2, -0.15) is 0 Å². The van der Waals surface area contributed by atoms with Crippen LogP contribution in [0.1, 0.15) is 31.7 Å². The molecule has 22 heavy (non-hydrogen) atoms. The fourth-order valence-corrected chi connectivity index (χ4v) is 2.85. The minimum absolute atomic E-state index is 0.0243. The monoisotopic (exact) mass is 303 g/mol. The number of hydrogen-bond acceptors (Lipinski definition) is 3. The van der Waals surface area contributed by atoms with Crippen LogP contribution < -0.4 is 0 Å². The second-order valence-corrected chi connectivity index (χ2v) is 5.80. The number of ether oxygens (including phenoxy) is 1. The van der Waals surface area contributed by atoms with Crippen molar-refractivity contribution in [3.63, 3.8) is 0 Å². The van der Waals surface area contributed by atoms with Crippen LogP contribution in [-0.4, -0.2) is 47.8 Å². The van der Waals surface area contributed by atoms with Crippen LogP contribution in [-0.2, 0) is 9.53 Å². The van der Waals surface area contributed by atoms with E-state index in [1.165, 1.54) is 0 Å². The van der Waals surface area contributed by atoms with Crippen molar-refractivity contribution in [3.05, 3.63) is 42.0 Å². The standard InChI is InChI=1S/C18H25NO3/c1-15(20)13-17-10-5-11-19(17)18(21)14-22-12-6-9-16-7-3-2-4-8-16/h2-4,6-9,15,17,20H,5,10-14H2,1H3/b9-6+. The largest absolute Gasteiger partial charge is 0.393 e. The second-order valence-electron chi connectivity index (χ2n) is 5.80. The molecule has 1 aromatic rings. The topological polar surface area (TPSA) is 49.8 Å². The molecule has 1 heterocycles. The van der Waals surface area contributed by atoms with E-state index in [9.17, 15) is 9.90 Å². The molecule has 1 aliphatic heterocycles. The summed E-state index contributed by atoms with van der Waals surface area (Å²) in [7, 11) is 0. The van der Waals surface area contributed by atoms with Crippen LogP contribution in [0.3, 0.4) is 0 Å². The SMILES string of the molecule is CC(O)CC1CCCN1C(=O)COC/C=C/c1ccccc1. The highest BCUT2D eigenvalue weighted by molar-refractivity contribution is 5.78. The van der Waals surface area contributed by atoms with Crippen LogP contribution in [0.15, 0.2) is 36.4 Å². The lowest BCUT2D eigenvalue weighted by Gasteiger charge is -2.25. The van der Waals surface area contributed by atoms with E-state index in [4.69, 9.17) is 4.74 Å². The molecule has 2 unspecified atom stereocenters. The molecule has 4 nitrogen and oxygen atoms in total. The Labute approximate surface area is 132 Å². The lowest BCUT2D eigenvalue weighted by atomic mass is 10.1. The van der Waals surface area contributed by atoms with Gasteiger partial charge in [0, 0.05) is 12.6 Å². The quantitative estimate of drug-likeness (QED) is 0.787. The van der Waals surface area contributed by atoms with Crippen LogP contribution in [0.25, 0.3) is 6.08 Å². The molecule has 0 radical (unpaired) electrons. The molecule has 0 spiro atoms. The number of benzene rings is 1. The molecule has 0 bridgehead atoms. The zero-order valence-corrected chi connectivity index (χ0v) is 13.1. The van der Waals surface area contributed by atoms with Gasteiger partial charge >= 0.3 is 0 Å². The van der Waals surface area contributed by atoms with Gasteiger partial charge in [-0.15, -0.1) is 0 Å². The van der Waals surface area contributed by atoms with Gasteiger partial charge in [-0.25, -0.2) is 0 Å². The Morgan fingerprint density at radius 1 is 1.45 bits per heavy atom. The highest BCUT2D eigenvalue weighted by atomic mass is 16.5. The van der Waals surface area contributed by atoms with E-state index in [1.54, 1.807) is 6.92 Å². The number of rotatable bonds is 7. The summed E-state index contributed by atoms with van der Waals surface area (Å²) in [5.74, 6) is 0.0243. The number of carbonyl (C=O) groups is 1. The van der Waals surface area contributed by atoms with Crippen LogP contribution in [0.4, 0.5) is 0 Å². The molecule has 2 rings (SSSR count). The van der Waals surface area contributed by atoms with Crippen molar-refractivity contribution in [1.29, 1.82) is 0 Å². The zero-order valence-electron chi connectivity index (χ0n) is 13.1. The number of hydrogen-bond donors (Lipinski definition) is 1. The summed E-state index contributed by atoms with van der Waals surface area (Å²) in [5.41, 5.74) is 1.12. The van der Waals surface area contributed by atoms with E-state index in [1.807, 2.05) is 47.4 Å². The first-order chi connectivity index (χ1) is 10.7. The van der Waals surface area contributed by atoms with Gasteiger partial charge in [0.1, 0.15) is 6.61 Å². The number of likely N-dealkylation sites (tertiary alicyclic amines) is 1. The first-order valence-corrected chi connectivity index (χ1v) is 7.93. The third kappa shape index (κ3) is 5.28. The average Bonchev–Trinajstić information content (AvgIpc) is 2.95. The highest BCUT2D eigenvalue weighted by Gasteiger charge is 2.29. The van der Waals surface area contributed by atoms with Gasteiger partial charge < -0.3 is 14.7 Å². The first-order valence-electron chi connectivity index (χ1n) is 7.93. The summed E-state index contributed by atoms with van der Waals surface area (Å²) >= 11 is 0. The summed E-state index contributed by atoms with van der Waals surface area (Å²) in [4.78, 5) is 14.0. The summed E-state index contributed by atoms with van der Waals surface area (Å²) in [6, 6.07) is 10.2. The van der Waals surface area contributed by atoms with Crippen LogP contribution in [0.2, 0.25) is 0 Å². The normalized spacial score (nSPS) is 19.7. The molecule has 1 saturated heterocycles. The van der Waals surface area contributed by atoms with Gasteiger partial charge in [-0.05, 0) is 31.7 Å². The Bertz CT molecular complexity index is 484. The predicted octanol–water partition coefficient (Wildman–Crippen LogP) is 2.48. The van der Waals surface area contributed by atoms with Crippen molar-refractivity contribution in [2.24, 2.45) is 0 Å². The molecule has 1 amide bonds. The number of carbonyl (C=O) groups excluding carboxylic acids is 1. The summed E-state index contributed by atoms with van der Waals surface area (Å²) in [5, 5.41) is 9.49. The van der Waals surface area contributed by atoms with Gasteiger partial charge in [0.05, 0.1) is 12.7 Å². The molecule has 0 aliphatic carbocycles. The van der Waals surface area contributed by atoms with E-state index >= 15 is 0 Å². The third-order valence-electron chi connectivity index (χ3n) is 3.86. The van der Waals surface area contributed by atoms with E-state index in [2.05, 4.69) is 0 Å². The number of aliphatic hydroxyl groups excluding tert-OH is 1. The summed E-state index contributed by atoms with van der Waals surface area (Å²) < 4.78 is 5.44. The molecular formula is C18H25NO3. The number of aliphatic hydroxyl groups is 1. The third-order valence-corrected chi connectivity index (χ3v) is 3.86. The van der Waals surface area contributed by atoms with Crippen molar-refractivity contribution in [3.8, 4) is 0 Å². The average molecular weight is 303 g/mol. The highest BCUT2D eigenvalue weighted by Crippen LogP contribution is 2.21. The van der Waals surface area contributed by atoms with Gasteiger partial charge in [0.25, 0.3) is 0 Å². The van der Waals surface area contributed by atoms with Crippen LogP contribution in [0, 0.1) is 0 Å². The molecule has 1 aromatic carbocycles. The Hall–Kier alpha value is -1.65. The molecule has 4 heteroatoms. The Kier molecular flexibility index (Phi) is 6.62. The molecule has 0 aromatic heterocycles. The van der Waals surface area contributed by atoms with Gasteiger partial charge in [-0.3, -0.25) is 4.79 Å². The van der Waals surface area contributed by atoms with Crippen molar-refractivity contribution < 1.29 is 14.6 Å². The number of nitrogens with zero attached hydrogens (tertiary/aromatic N) is 1. The maximum atomic E-state index is 12.2. The van der Waals surface area contributed by atoms with Gasteiger partial charge in [0.2, 0.25) is 5.91 Å². The second kappa shape index (κ2) is 8.71. The fourth-order valence-electron chi connectivity index (χ4n) is 2.85. The van der Waals surface area contributed by atoms with Gasteiger partial charge in [-0.1, -0.05) is 42.5 Å². The lowest BCUT2D eigenvalue weighted by molar-refractivity contribution is -0.136. The molecule has 0 saturated carbocycles. The molecule has 1 N–H and O–H groups in total.